The van der Waals surface area contributed by atoms with E-state index in [9.17, 15) is 14.4 Å². The Kier molecular flexibility index (Phi) is 19.3. The number of rotatable bonds is 11. The van der Waals surface area contributed by atoms with Crippen LogP contribution in [-0.4, -0.2) is 110 Å². The van der Waals surface area contributed by atoms with Crippen LogP contribution in [0.2, 0.25) is 0 Å². The molecule has 1 N–H and O–H groups in total. The van der Waals surface area contributed by atoms with Gasteiger partial charge in [-0.05, 0) is 51.9 Å². The van der Waals surface area contributed by atoms with Crippen LogP contribution in [0.15, 0.2) is 6.20 Å². The molecule has 47 heavy (non-hydrogen) atoms. The molecule has 2 unspecified atom stereocenters. The Bertz CT molecular complexity index is 1060. The van der Waals surface area contributed by atoms with Gasteiger partial charge in [-0.15, -0.1) is 0 Å². The van der Waals surface area contributed by atoms with E-state index in [1.807, 2.05) is 46.4 Å². The molecule has 3 rings (SSSR count). The first-order valence-electron chi connectivity index (χ1n) is 17.3. The van der Waals surface area contributed by atoms with E-state index in [1.165, 1.54) is 6.42 Å². The summed E-state index contributed by atoms with van der Waals surface area (Å²) in [6, 6.07) is 0. The highest BCUT2D eigenvalue weighted by Crippen LogP contribution is 2.29. The summed E-state index contributed by atoms with van der Waals surface area (Å²) in [6.07, 6.45) is 6.08. The monoisotopic (exact) mass is 663 g/mol. The summed E-state index contributed by atoms with van der Waals surface area (Å²) in [5.74, 6) is 1.60. The largest absolute Gasteiger partial charge is 0.385 e. The number of amides is 2. The molecule has 11 nitrogen and oxygen atoms in total. The number of methoxy groups -OCH3 is 2. The number of ether oxygens (including phenoxy) is 3. The van der Waals surface area contributed by atoms with E-state index in [0.29, 0.717) is 76.2 Å². The van der Waals surface area contributed by atoms with Gasteiger partial charge in [0.2, 0.25) is 12.3 Å². The number of aromatic nitrogens is 2. The second-order valence-electron chi connectivity index (χ2n) is 14.9. The molecule has 2 fully saturated rings. The van der Waals surface area contributed by atoms with Gasteiger partial charge in [-0.3, -0.25) is 14.4 Å². The highest BCUT2D eigenvalue weighted by atomic mass is 16.5. The Morgan fingerprint density at radius 1 is 1.11 bits per heavy atom. The van der Waals surface area contributed by atoms with Crippen molar-refractivity contribution < 1.29 is 28.6 Å². The van der Waals surface area contributed by atoms with E-state index >= 15 is 0 Å². The van der Waals surface area contributed by atoms with Crippen LogP contribution in [0.1, 0.15) is 111 Å². The van der Waals surface area contributed by atoms with Crippen LogP contribution in [0.4, 0.5) is 5.82 Å². The zero-order chi connectivity index (χ0) is 35.6. The molecule has 0 radical (unpaired) electrons. The van der Waals surface area contributed by atoms with Crippen molar-refractivity contribution in [2.75, 3.05) is 72.1 Å². The predicted molar refractivity (Wildman–Crippen MR) is 188 cm³/mol. The minimum Gasteiger partial charge on any atom is -0.385 e. The average molecular weight is 664 g/mol. The van der Waals surface area contributed by atoms with Crippen molar-refractivity contribution in [3.63, 3.8) is 0 Å². The number of piperidine rings is 1. The molecular formula is C36H65N5O6. The van der Waals surface area contributed by atoms with Gasteiger partial charge in [-0.1, -0.05) is 48.0 Å². The summed E-state index contributed by atoms with van der Waals surface area (Å²) >= 11 is 0. The molecule has 1 aromatic rings. The van der Waals surface area contributed by atoms with E-state index in [0.717, 1.165) is 25.2 Å². The second kappa shape index (κ2) is 21.4. The number of carbonyl (C=O) groups is 3. The van der Waals surface area contributed by atoms with Crippen LogP contribution in [0.5, 0.6) is 0 Å². The molecule has 2 saturated heterocycles. The fourth-order valence-corrected chi connectivity index (χ4v) is 4.76. The van der Waals surface area contributed by atoms with Crippen LogP contribution >= 0.6 is 0 Å². The number of carbonyl (C=O) groups excluding carboxylic acids is 3. The maximum absolute atomic E-state index is 13.4. The van der Waals surface area contributed by atoms with Crippen LogP contribution < -0.4 is 5.32 Å². The average Bonchev–Trinajstić information content (AvgIpc) is 3.32. The number of nitrogens with zero attached hydrogens (tertiary/aromatic N) is 4. The van der Waals surface area contributed by atoms with E-state index in [2.05, 4.69) is 36.1 Å². The van der Waals surface area contributed by atoms with Crippen molar-refractivity contribution in [2.45, 2.75) is 105 Å². The molecule has 0 bridgehead atoms. The van der Waals surface area contributed by atoms with Crippen LogP contribution in [0.25, 0.3) is 0 Å². The van der Waals surface area contributed by atoms with Gasteiger partial charge in [0, 0.05) is 78.2 Å². The fourth-order valence-electron chi connectivity index (χ4n) is 4.76. The van der Waals surface area contributed by atoms with Gasteiger partial charge >= 0.3 is 0 Å². The van der Waals surface area contributed by atoms with E-state index in [1.54, 1.807) is 25.3 Å². The van der Waals surface area contributed by atoms with Crippen LogP contribution in [-0.2, 0) is 29.2 Å². The third-order valence-electron chi connectivity index (χ3n) is 8.08. The lowest BCUT2D eigenvalue weighted by atomic mass is 9.84. The molecule has 0 spiro atoms. The topological polar surface area (TPSA) is 123 Å². The number of Topliss-reactive ketones (excluding diaryl/α,β-unsaturated/α-hetero) is 1. The molecule has 0 saturated carbocycles. The number of ketones is 1. The Balaban J connectivity index is 0.000000863. The molecule has 0 aromatic carbocycles. The number of hydrogen-bond donors (Lipinski definition) is 1. The van der Waals surface area contributed by atoms with Crippen LogP contribution in [0.3, 0.4) is 0 Å². The summed E-state index contributed by atoms with van der Waals surface area (Å²) in [5.41, 5.74) is 0.223. The van der Waals surface area contributed by atoms with Gasteiger partial charge in [0.1, 0.15) is 11.6 Å². The standard InChI is InChI=1S/C26H41N5O5.C5H12O.C5H12/c1-26(2,3)25-28-15-21(23(29-25)27-7-5-10-35-4)22(33)14-19-13-20(17-30(16-19)18-32)24(34)31-8-6-11-36-12-9-31;1-5(2,3)6-4;1-4-5(2)3/h15,18-20H,5-14,16-17H2,1-4H3,(H,27,28,29);1-4H3;5H,4H2,1-3H3. The smallest absolute Gasteiger partial charge is 0.227 e. The Labute approximate surface area is 284 Å². The normalized spacial score (nSPS) is 18.7. The predicted octanol–water partition coefficient (Wildman–Crippen LogP) is 5.62. The van der Waals surface area contributed by atoms with Crippen molar-refractivity contribution in [1.82, 2.24) is 19.8 Å². The Morgan fingerprint density at radius 2 is 1.77 bits per heavy atom. The number of anilines is 1. The van der Waals surface area contributed by atoms with Crippen molar-refractivity contribution in [3.8, 4) is 0 Å². The molecule has 270 valence electrons. The van der Waals surface area contributed by atoms with Gasteiger partial charge in [0.05, 0.1) is 23.7 Å². The van der Waals surface area contributed by atoms with Gasteiger partial charge < -0.3 is 29.3 Å². The summed E-state index contributed by atoms with van der Waals surface area (Å²) in [6.45, 7) is 23.3. The molecule has 2 amide bonds. The summed E-state index contributed by atoms with van der Waals surface area (Å²) in [4.78, 5) is 51.0. The first-order chi connectivity index (χ1) is 22.1. The van der Waals surface area contributed by atoms with E-state index < -0.39 is 0 Å². The quantitative estimate of drug-likeness (QED) is 0.183. The van der Waals surface area contributed by atoms with Gasteiger partial charge in [-0.25, -0.2) is 9.97 Å². The third-order valence-corrected chi connectivity index (χ3v) is 8.08. The SMILES string of the molecule is CCC(C)C.COC(C)(C)C.COCCCNc1nc(C(C)(C)C)ncc1C(=O)CC1CC(C(=O)N2CCCOCC2)CN(C=O)C1. The molecule has 11 heteroatoms. The highest BCUT2D eigenvalue weighted by molar-refractivity contribution is 6.00. The molecule has 2 atom stereocenters. The third kappa shape index (κ3) is 16.9. The summed E-state index contributed by atoms with van der Waals surface area (Å²) in [7, 11) is 3.36. The highest BCUT2D eigenvalue weighted by Gasteiger charge is 2.35. The first kappa shape index (κ1) is 42.4. The lowest BCUT2D eigenvalue weighted by Gasteiger charge is -2.37. The summed E-state index contributed by atoms with van der Waals surface area (Å²) in [5, 5.41) is 3.28. The summed E-state index contributed by atoms with van der Waals surface area (Å²) < 4.78 is 15.5. The molecule has 0 aliphatic carbocycles. The van der Waals surface area contributed by atoms with Crippen molar-refractivity contribution >= 4 is 23.9 Å². The lowest BCUT2D eigenvalue weighted by molar-refractivity contribution is -0.139. The molecular weight excluding hydrogens is 598 g/mol. The Hall–Kier alpha value is -2.63. The van der Waals surface area contributed by atoms with Crippen molar-refractivity contribution in [3.05, 3.63) is 17.6 Å². The minimum atomic E-state index is -0.314. The maximum atomic E-state index is 13.4. The van der Waals surface area contributed by atoms with Crippen LogP contribution in [0, 0.1) is 17.8 Å². The first-order valence-corrected chi connectivity index (χ1v) is 17.3. The lowest BCUT2D eigenvalue weighted by Crippen LogP contribution is -2.48. The zero-order valence-corrected chi connectivity index (χ0v) is 31.3. The zero-order valence-electron chi connectivity index (χ0n) is 31.3. The van der Waals surface area contributed by atoms with Gasteiger partial charge in [0.25, 0.3) is 0 Å². The fraction of sp³-hybridized carbons (Fsp3) is 0.806. The molecule has 1 aromatic heterocycles. The minimum absolute atomic E-state index is 0.0417. The van der Waals surface area contributed by atoms with E-state index in [4.69, 9.17) is 14.2 Å². The molecule has 3 heterocycles. The number of nitrogens with one attached hydrogen (secondary N) is 1. The molecule has 2 aliphatic heterocycles. The molecule has 2 aliphatic rings. The number of hydrogen-bond acceptors (Lipinski definition) is 9. The van der Waals surface area contributed by atoms with Gasteiger partial charge in [0.15, 0.2) is 5.78 Å². The Morgan fingerprint density at radius 3 is 2.32 bits per heavy atom. The van der Waals surface area contributed by atoms with Crippen molar-refractivity contribution in [1.29, 1.82) is 0 Å². The van der Waals surface area contributed by atoms with Gasteiger partial charge in [-0.2, -0.15) is 0 Å². The number of likely N-dealkylation sites (tertiary alicyclic amines) is 1. The van der Waals surface area contributed by atoms with Crippen molar-refractivity contribution in [2.24, 2.45) is 17.8 Å². The second-order valence-corrected chi connectivity index (χ2v) is 14.9. The van der Waals surface area contributed by atoms with E-state index in [-0.39, 0.29) is 41.0 Å². The maximum Gasteiger partial charge on any atom is 0.227 e.